The fourth-order valence-electron chi connectivity index (χ4n) is 2.04. The predicted molar refractivity (Wildman–Crippen MR) is 57.2 cm³/mol. The summed E-state index contributed by atoms with van der Waals surface area (Å²) in [6, 6.07) is 0. The van der Waals surface area contributed by atoms with Gasteiger partial charge in [0.05, 0.1) is 11.9 Å². The highest BCUT2D eigenvalue weighted by Gasteiger charge is 2.35. The second kappa shape index (κ2) is 3.93. The average Bonchev–Trinajstić information content (AvgIpc) is 2.82. The topological polar surface area (TPSA) is 50.9 Å². The summed E-state index contributed by atoms with van der Waals surface area (Å²) in [7, 11) is 0. The molecule has 4 nitrogen and oxygen atoms in total. The van der Waals surface area contributed by atoms with E-state index in [1.165, 1.54) is 12.8 Å². The minimum atomic E-state index is -0.764. The third-order valence-electron chi connectivity index (χ3n) is 2.99. The number of hydrogen-bond acceptors (Lipinski definition) is 3. The van der Waals surface area contributed by atoms with Gasteiger partial charge in [-0.05, 0) is 25.7 Å². The minimum absolute atomic E-state index is 0.699. The van der Waals surface area contributed by atoms with Gasteiger partial charge in [-0.2, -0.15) is 0 Å². The maximum Gasteiger partial charge on any atom is 0.105 e. The molecule has 1 N–H and O–H groups in total. The SMILES string of the molecule is CCCn1nncc1C(C)(O)CC1CC1. The second-order valence-corrected chi connectivity index (χ2v) is 4.76. The van der Waals surface area contributed by atoms with E-state index in [0.717, 1.165) is 25.1 Å². The lowest BCUT2D eigenvalue weighted by Crippen LogP contribution is -2.26. The van der Waals surface area contributed by atoms with Crippen LogP contribution >= 0.6 is 0 Å². The van der Waals surface area contributed by atoms with Crippen molar-refractivity contribution in [3.8, 4) is 0 Å². The van der Waals surface area contributed by atoms with Crippen LogP contribution < -0.4 is 0 Å². The zero-order valence-electron chi connectivity index (χ0n) is 9.48. The molecule has 1 fully saturated rings. The Labute approximate surface area is 90.3 Å². The molecular formula is C11H19N3O. The monoisotopic (exact) mass is 209 g/mol. The fourth-order valence-corrected chi connectivity index (χ4v) is 2.04. The van der Waals surface area contributed by atoms with Gasteiger partial charge in [0.1, 0.15) is 5.60 Å². The summed E-state index contributed by atoms with van der Waals surface area (Å²) in [6.07, 6.45) is 6.05. The van der Waals surface area contributed by atoms with Crippen molar-refractivity contribution < 1.29 is 5.11 Å². The third kappa shape index (κ3) is 2.37. The lowest BCUT2D eigenvalue weighted by atomic mass is 9.95. The van der Waals surface area contributed by atoms with Gasteiger partial charge in [-0.1, -0.05) is 25.0 Å². The van der Waals surface area contributed by atoms with Gasteiger partial charge in [0.15, 0.2) is 0 Å². The van der Waals surface area contributed by atoms with E-state index < -0.39 is 5.60 Å². The van der Waals surface area contributed by atoms with Gasteiger partial charge >= 0.3 is 0 Å². The molecule has 84 valence electrons. The Morgan fingerprint density at radius 1 is 1.60 bits per heavy atom. The van der Waals surface area contributed by atoms with E-state index in [1.54, 1.807) is 6.20 Å². The summed E-state index contributed by atoms with van der Waals surface area (Å²) in [5.74, 6) is 0.699. The average molecular weight is 209 g/mol. The Kier molecular flexibility index (Phi) is 2.78. The van der Waals surface area contributed by atoms with Gasteiger partial charge < -0.3 is 5.11 Å². The van der Waals surface area contributed by atoms with E-state index in [4.69, 9.17) is 0 Å². The van der Waals surface area contributed by atoms with Crippen LogP contribution in [0.3, 0.4) is 0 Å². The summed E-state index contributed by atoms with van der Waals surface area (Å²) in [4.78, 5) is 0. The number of hydrogen-bond donors (Lipinski definition) is 1. The predicted octanol–water partition coefficient (Wildman–Crippen LogP) is 1.70. The zero-order valence-corrected chi connectivity index (χ0v) is 9.48. The van der Waals surface area contributed by atoms with Crippen LogP contribution in [0, 0.1) is 5.92 Å². The maximum atomic E-state index is 10.4. The van der Waals surface area contributed by atoms with Gasteiger partial charge in [-0.3, -0.25) is 0 Å². The molecule has 1 aromatic heterocycles. The van der Waals surface area contributed by atoms with Crippen LogP contribution in [-0.4, -0.2) is 20.1 Å². The maximum absolute atomic E-state index is 10.4. The molecule has 1 aliphatic rings. The smallest absolute Gasteiger partial charge is 0.105 e. The largest absolute Gasteiger partial charge is 0.384 e. The summed E-state index contributed by atoms with van der Waals surface area (Å²) >= 11 is 0. The molecule has 1 unspecified atom stereocenters. The lowest BCUT2D eigenvalue weighted by Gasteiger charge is -2.23. The Bertz CT molecular complexity index is 328. The van der Waals surface area contributed by atoms with Gasteiger partial charge in [0.25, 0.3) is 0 Å². The molecule has 1 heterocycles. The quantitative estimate of drug-likeness (QED) is 0.803. The first kappa shape index (κ1) is 10.6. The van der Waals surface area contributed by atoms with Crippen molar-refractivity contribution in [2.75, 3.05) is 0 Å². The zero-order chi connectivity index (χ0) is 10.9. The minimum Gasteiger partial charge on any atom is -0.384 e. The van der Waals surface area contributed by atoms with Gasteiger partial charge in [-0.25, -0.2) is 4.68 Å². The summed E-state index contributed by atoms with van der Waals surface area (Å²) < 4.78 is 1.82. The first-order valence-electron chi connectivity index (χ1n) is 5.75. The van der Waals surface area contributed by atoms with Crippen LogP contribution in [0.2, 0.25) is 0 Å². The summed E-state index contributed by atoms with van der Waals surface area (Å²) in [5.41, 5.74) is 0.0936. The molecule has 1 aromatic rings. The molecule has 1 aliphatic carbocycles. The Morgan fingerprint density at radius 3 is 2.93 bits per heavy atom. The van der Waals surface area contributed by atoms with Gasteiger partial charge in [0, 0.05) is 6.54 Å². The van der Waals surface area contributed by atoms with Crippen LogP contribution in [0.25, 0.3) is 0 Å². The number of rotatable bonds is 5. The number of nitrogens with zero attached hydrogens (tertiary/aromatic N) is 3. The molecule has 15 heavy (non-hydrogen) atoms. The molecular weight excluding hydrogens is 190 g/mol. The molecule has 0 spiro atoms. The van der Waals surface area contributed by atoms with E-state index >= 15 is 0 Å². The van der Waals surface area contributed by atoms with Crippen molar-refractivity contribution in [3.63, 3.8) is 0 Å². The van der Waals surface area contributed by atoms with E-state index in [0.29, 0.717) is 5.92 Å². The van der Waals surface area contributed by atoms with Gasteiger partial charge in [0.2, 0.25) is 0 Å². The summed E-state index contributed by atoms with van der Waals surface area (Å²) in [6.45, 7) is 4.80. The standard InChI is InChI=1S/C11H19N3O/c1-3-6-14-10(8-12-13-14)11(2,15)7-9-4-5-9/h8-9,15H,3-7H2,1-2H3. The molecule has 0 saturated heterocycles. The van der Waals surface area contributed by atoms with E-state index in [1.807, 2.05) is 11.6 Å². The highest BCUT2D eigenvalue weighted by atomic mass is 16.3. The molecule has 0 bridgehead atoms. The molecule has 0 amide bonds. The first-order valence-corrected chi connectivity index (χ1v) is 5.75. The lowest BCUT2D eigenvalue weighted by molar-refractivity contribution is 0.0324. The Hall–Kier alpha value is -0.900. The van der Waals surface area contributed by atoms with E-state index in [2.05, 4.69) is 17.2 Å². The molecule has 1 atom stereocenters. The number of aliphatic hydroxyl groups is 1. The molecule has 0 radical (unpaired) electrons. The van der Waals surface area contributed by atoms with Crippen molar-refractivity contribution in [3.05, 3.63) is 11.9 Å². The van der Waals surface area contributed by atoms with Crippen LogP contribution in [0.1, 0.15) is 45.2 Å². The van der Waals surface area contributed by atoms with Crippen molar-refractivity contribution in [1.82, 2.24) is 15.0 Å². The number of aryl methyl sites for hydroxylation is 1. The molecule has 2 rings (SSSR count). The van der Waals surface area contributed by atoms with E-state index in [-0.39, 0.29) is 0 Å². The fraction of sp³-hybridized carbons (Fsp3) is 0.818. The van der Waals surface area contributed by atoms with Crippen molar-refractivity contribution in [2.24, 2.45) is 5.92 Å². The van der Waals surface area contributed by atoms with Crippen molar-refractivity contribution in [2.45, 2.75) is 51.7 Å². The van der Waals surface area contributed by atoms with Crippen LogP contribution in [0.15, 0.2) is 6.20 Å². The second-order valence-electron chi connectivity index (χ2n) is 4.76. The molecule has 4 heteroatoms. The number of aromatic nitrogens is 3. The van der Waals surface area contributed by atoms with E-state index in [9.17, 15) is 5.11 Å². The van der Waals surface area contributed by atoms with Crippen LogP contribution in [0.4, 0.5) is 0 Å². The highest BCUT2D eigenvalue weighted by Crippen LogP contribution is 2.40. The van der Waals surface area contributed by atoms with Crippen molar-refractivity contribution >= 4 is 0 Å². The molecule has 1 saturated carbocycles. The third-order valence-corrected chi connectivity index (χ3v) is 2.99. The first-order chi connectivity index (χ1) is 7.13. The molecule has 0 aliphatic heterocycles. The highest BCUT2D eigenvalue weighted by molar-refractivity contribution is 5.07. The normalized spacial score (nSPS) is 20.2. The molecule has 0 aromatic carbocycles. The Morgan fingerprint density at radius 2 is 2.33 bits per heavy atom. The van der Waals surface area contributed by atoms with Crippen LogP contribution in [-0.2, 0) is 12.1 Å². The van der Waals surface area contributed by atoms with Crippen LogP contribution in [0.5, 0.6) is 0 Å². The van der Waals surface area contributed by atoms with Crippen molar-refractivity contribution in [1.29, 1.82) is 0 Å². The van der Waals surface area contributed by atoms with Gasteiger partial charge in [-0.15, -0.1) is 5.10 Å². The summed E-state index contributed by atoms with van der Waals surface area (Å²) in [5, 5.41) is 18.3. The Balaban J connectivity index is 2.14.